The fourth-order valence-electron chi connectivity index (χ4n) is 3.48. The first-order valence-corrected chi connectivity index (χ1v) is 8.46. The summed E-state index contributed by atoms with van der Waals surface area (Å²) in [5, 5.41) is 3.79. The van der Waals surface area contributed by atoms with E-state index < -0.39 is 6.04 Å². The van der Waals surface area contributed by atoms with Crippen molar-refractivity contribution in [3.05, 3.63) is 58.3 Å². The second kappa shape index (κ2) is 5.56. The summed E-state index contributed by atoms with van der Waals surface area (Å²) in [4.78, 5) is 28.1. The van der Waals surface area contributed by atoms with E-state index in [2.05, 4.69) is 5.43 Å². The number of imide groups is 1. The predicted molar refractivity (Wildman–Crippen MR) is 87.2 cm³/mol. The molecule has 3 heterocycles. The summed E-state index contributed by atoms with van der Waals surface area (Å²) in [6.07, 6.45) is 0. The molecule has 1 N–H and O–H groups in total. The van der Waals surface area contributed by atoms with E-state index in [0.29, 0.717) is 6.54 Å². The largest absolute Gasteiger partial charge is 0.276 e. The Morgan fingerprint density at radius 1 is 1.09 bits per heavy atom. The molecule has 0 aliphatic carbocycles. The lowest BCUT2D eigenvalue weighted by atomic mass is 9.95. The fourth-order valence-corrected chi connectivity index (χ4v) is 4.30. The maximum Gasteiger partial charge on any atom is 0.249 e. The zero-order valence-electron chi connectivity index (χ0n) is 12.7. The summed E-state index contributed by atoms with van der Waals surface area (Å²) >= 11 is 1.61. The first-order valence-electron chi connectivity index (χ1n) is 7.58. The van der Waals surface area contributed by atoms with Gasteiger partial charge in [0, 0.05) is 11.9 Å². The molecule has 0 bridgehead atoms. The molecule has 5 nitrogen and oxygen atoms in total. The van der Waals surface area contributed by atoms with Crippen molar-refractivity contribution in [2.45, 2.75) is 18.6 Å². The summed E-state index contributed by atoms with van der Waals surface area (Å²) in [5.74, 6) is -0.549. The van der Waals surface area contributed by atoms with Crippen LogP contribution in [0.25, 0.3) is 0 Å². The second-order valence-corrected chi connectivity index (χ2v) is 6.93. The number of fused-ring (bicyclic) bond motifs is 1. The highest BCUT2D eigenvalue weighted by atomic mass is 32.1. The third-order valence-corrected chi connectivity index (χ3v) is 5.52. The number of hydrogen-bond donors (Lipinski definition) is 1. The molecular weight excluding hydrogens is 310 g/mol. The van der Waals surface area contributed by atoms with Gasteiger partial charge >= 0.3 is 0 Å². The van der Waals surface area contributed by atoms with E-state index in [9.17, 15) is 9.59 Å². The van der Waals surface area contributed by atoms with Gasteiger partial charge in [0.25, 0.3) is 0 Å². The summed E-state index contributed by atoms with van der Waals surface area (Å²) in [6, 6.07) is 13.1. The van der Waals surface area contributed by atoms with Crippen LogP contribution in [-0.4, -0.2) is 34.8 Å². The number of rotatable bonds is 3. The van der Waals surface area contributed by atoms with E-state index in [-0.39, 0.29) is 23.8 Å². The van der Waals surface area contributed by atoms with Gasteiger partial charge in [-0.1, -0.05) is 36.4 Å². The molecular formula is C17H17N3O2S. The number of nitrogens with zero attached hydrogens (tertiary/aromatic N) is 2. The molecule has 3 atom stereocenters. The average molecular weight is 327 g/mol. The highest BCUT2D eigenvalue weighted by Crippen LogP contribution is 2.41. The molecule has 1 aromatic heterocycles. The summed E-state index contributed by atoms with van der Waals surface area (Å²) < 4.78 is 0. The van der Waals surface area contributed by atoms with Crippen LogP contribution in [0.5, 0.6) is 0 Å². The monoisotopic (exact) mass is 327 g/mol. The van der Waals surface area contributed by atoms with Crippen LogP contribution in [-0.2, 0) is 16.1 Å². The number of carbonyl (C=O) groups excluding carboxylic acids is 2. The van der Waals surface area contributed by atoms with E-state index >= 15 is 0 Å². The van der Waals surface area contributed by atoms with Crippen LogP contribution < -0.4 is 5.43 Å². The Kier molecular flexibility index (Phi) is 3.52. The van der Waals surface area contributed by atoms with E-state index in [0.717, 1.165) is 10.4 Å². The number of likely N-dealkylation sites (tertiary alicyclic amines) is 1. The lowest BCUT2D eigenvalue weighted by Gasteiger charge is -2.21. The normalized spacial score (nSPS) is 27.7. The molecule has 0 radical (unpaired) electrons. The number of carbonyl (C=O) groups is 2. The smallest absolute Gasteiger partial charge is 0.249 e. The van der Waals surface area contributed by atoms with Crippen molar-refractivity contribution in [1.82, 2.24) is 15.3 Å². The number of amides is 2. The molecule has 4 rings (SSSR count). The second-order valence-electron chi connectivity index (χ2n) is 5.95. The zero-order valence-corrected chi connectivity index (χ0v) is 13.5. The van der Waals surface area contributed by atoms with Crippen molar-refractivity contribution in [1.29, 1.82) is 0 Å². The zero-order chi connectivity index (χ0) is 16.0. The van der Waals surface area contributed by atoms with Gasteiger partial charge in [0.2, 0.25) is 11.8 Å². The standard InChI is InChI=1S/C17H17N3O2S/c1-19-15-13(14(18-19)12-8-5-9-23-12)16(21)20(17(15)22)10-11-6-3-2-4-7-11/h2-9,13-15,18H,10H2,1H3/t13-,14+,15+/m1/s1. The van der Waals surface area contributed by atoms with Crippen LogP contribution >= 0.6 is 11.3 Å². The topological polar surface area (TPSA) is 52.7 Å². The maximum atomic E-state index is 12.9. The molecule has 6 heteroatoms. The molecule has 0 saturated carbocycles. The van der Waals surface area contributed by atoms with Crippen molar-refractivity contribution in [3.63, 3.8) is 0 Å². The van der Waals surface area contributed by atoms with E-state index in [1.54, 1.807) is 16.3 Å². The molecule has 0 unspecified atom stereocenters. The van der Waals surface area contributed by atoms with Gasteiger partial charge in [0.15, 0.2) is 0 Å². The molecule has 1 aromatic carbocycles. The van der Waals surface area contributed by atoms with Crippen molar-refractivity contribution >= 4 is 23.2 Å². The van der Waals surface area contributed by atoms with Crippen molar-refractivity contribution < 1.29 is 9.59 Å². The van der Waals surface area contributed by atoms with Crippen LogP contribution in [0, 0.1) is 5.92 Å². The lowest BCUT2D eigenvalue weighted by Crippen LogP contribution is -2.42. The molecule has 118 valence electrons. The van der Waals surface area contributed by atoms with Gasteiger partial charge in [-0.25, -0.2) is 10.4 Å². The van der Waals surface area contributed by atoms with Crippen molar-refractivity contribution in [2.24, 2.45) is 5.92 Å². The molecule has 2 aromatic rings. The minimum atomic E-state index is -0.418. The highest BCUT2D eigenvalue weighted by molar-refractivity contribution is 7.10. The average Bonchev–Trinajstić information content (AvgIpc) is 3.24. The van der Waals surface area contributed by atoms with Crippen LogP contribution in [0.1, 0.15) is 16.5 Å². The number of hydrogen-bond acceptors (Lipinski definition) is 5. The molecule has 2 fully saturated rings. The SMILES string of the molecule is CN1N[C@@H](c2cccs2)[C@H]2C(=O)N(Cc3ccccc3)C(=O)[C@H]21. The predicted octanol–water partition coefficient (Wildman–Crippen LogP) is 1.79. The number of benzene rings is 1. The van der Waals surface area contributed by atoms with E-state index in [1.165, 1.54) is 4.90 Å². The number of nitrogens with one attached hydrogen (secondary N) is 1. The van der Waals surface area contributed by atoms with Crippen molar-refractivity contribution in [2.75, 3.05) is 7.05 Å². The third kappa shape index (κ3) is 2.30. The summed E-state index contributed by atoms with van der Waals surface area (Å²) in [6.45, 7) is 0.344. The van der Waals surface area contributed by atoms with Gasteiger partial charge in [-0.2, -0.15) is 0 Å². The van der Waals surface area contributed by atoms with Gasteiger partial charge in [0.1, 0.15) is 6.04 Å². The molecule has 0 spiro atoms. The number of thiophene rings is 1. The van der Waals surface area contributed by atoms with Gasteiger partial charge in [-0.3, -0.25) is 14.5 Å². The summed E-state index contributed by atoms with van der Waals surface area (Å²) in [5.41, 5.74) is 4.25. The minimum Gasteiger partial charge on any atom is -0.276 e. The van der Waals surface area contributed by atoms with Crippen molar-refractivity contribution in [3.8, 4) is 0 Å². The Balaban J connectivity index is 1.64. The molecule has 2 aliphatic heterocycles. The third-order valence-electron chi connectivity index (χ3n) is 4.56. The molecule has 23 heavy (non-hydrogen) atoms. The highest BCUT2D eigenvalue weighted by Gasteiger charge is 2.57. The van der Waals surface area contributed by atoms with Crippen LogP contribution in [0.2, 0.25) is 0 Å². The van der Waals surface area contributed by atoms with Gasteiger partial charge < -0.3 is 0 Å². The first-order chi connectivity index (χ1) is 11.2. The first kappa shape index (κ1) is 14.6. The Bertz CT molecular complexity index is 732. The Labute approximate surface area is 138 Å². The molecule has 2 amide bonds. The Morgan fingerprint density at radius 3 is 2.57 bits per heavy atom. The number of likely N-dealkylation sites (N-methyl/N-ethyl adjacent to an activating group) is 1. The van der Waals surface area contributed by atoms with Gasteiger partial charge in [-0.15, -0.1) is 11.3 Å². The minimum absolute atomic E-state index is 0.0842. The fraction of sp³-hybridized carbons (Fsp3) is 0.294. The van der Waals surface area contributed by atoms with Gasteiger partial charge in [-0.05, 0) is 17.0 Å². The lowest BCUT2D eigenvalue weighted by molar-refractivity contribution is -0.142. The Morgan fingerprint density at radius 2 is 1.87 bits per heavy atom. The molecule has 2 saturated heterocycles. The van der Waals surface area contributed by atoms with E-state index in [1.807, 2.05) is 54.9 Å². The van der Waals surface area contributed by atoms with Crippen LogP contribution in [0.15, 0.2) is 47.8 Å². The maximum absolute atomic E-state index is 12.9. The molecule has 2 aliphatic rings. The number of hydrazine groups is 1. The summed E-state index contributed by atoms with van der Waals surface area (Å²) in [7, 11) is 1.84. The van der Waals surface area contributed by atoms with Crippen LogP contribution in [0.4, 0.5) is 0 Å². The Hall–Kier alpha value is -2.02. The van der Waals surface area contributed by atoms with Gasteiger partial charge in [0.05, 0.1) is 18.5 Å². The van der Waals surface area contributed by atoms with Crippen LogP contribution in [0.3, 0.4) is 0 Å². The quantitative estimate of drug-likeness (QED) is 0.874. The van der Waals surface area contributed by atoms with E-state index in [4.69, 9.17) is 0 Å².